The third-order valence-corrected chi connectivity index (χ3v) is 4.53. The van der Waals surface area contributed by atoms with Gasteiger partial charge in [0.1, 0.15) is 10.3 Å². The molecule has 104 valence electrons. The predicted octanol–water partition coefficient (Wildman–Crippen LogP) is 4.37. The van der Waals surface area contributed by atoms with Gasteiger partial charge in [-0.25, -0.2) is 9.97 Å². The van der Waals surface area contributed by atoms with Crippen LogP contribution in [0.5, 0.6) is 11.5 Å². The highest BCUT2D eigenvalue weighted by atomic mass is 79.9. The minimum absolute atomic E-state index is 0.270. The highest BCUT2D eigenvalue weighted by Gasteiger charge is 2.15. The maximum Gasteiger partial charge on any atom is 0.162 e. The molecule has 1 aromatic heterocycles. The molecule has 0 atom stereocenters. The average molecular weight is 376 g/mol. The van der Waals surface area contributed by atoms with Gasteiger partial charge >= 0.3 is 0 Å². The van der Waals surface area contributed by atoms with Crippen LogP contribution in [0.4, 0.5) is 0 Å². The van der Waals surface area contributed by atoms with E-state index in [9.17, 15) is 0 Å². The third-order valence-electron chi connectivity index (χ3n) is 2.78. The average Bonchev–Trinajstić information content (AvgIpc) is 2.68. The Kier molecular flexibility index (Phi) is 4.01. The van der Waals surface area contributed by atoms with Gasteiger partial charge in [-0.2, -0.15) is 0 Å². The van der Waals surface area contributed by atoms with Crippen molar-refractivity contribution in [3.8, 4) is 22.9 Å². The molecule has 1 aromatic carbocycles. The molecule has 0 aliphatic carbocycles. The van der Waals surface area contributed by atoms with Crippen molar-refractivity contribution in [2.75, 3.05) is 13.2 Å². The van der Waals surface area contributed by atoms with Gasteiger partial charge in [-0.05, 0) is 34.1 Å². The first-order valence-electron chi connectivity index (χ1n) is 5.94. The highest BCUT2D eigenvalue weighted by molar-refractivity contribution is 9.10. The lowest BCUT2D eigenvalue weighted by atomic mass is 10.2. The van der Waals surface area contributed by atoms with Crippen LogP contribution in [0, 0.1) is 0 Å². The fraction of sp³-hybridized carbons (Fsp3) is 0.231. The Morgan fingerprint density at radius 2 is 1.65 bits per heavy atom. The van der Waals surface area contributed by atoms with Crippen molar-refractivity contribution in [1.29, 1.82) is 0 Å². The molecule has 7 heteroatoms. The van der Waals surface area contributed by atoms with Gasteiger partial charge in [-0.1, -0.05) is 23.2 Å². The number of nitrogens with zero attached hydrogens (tertiary/aromatic N) is 2. The van der Waals surface area contributed by atoms with Crippen LogP contribution in [0.2, 0.25) is 10.3 Å². The van der Waals surface area contributed by atoms with Crippen molar-refractivity contribution in [2.24, 2.45) is 0 Å². The molecule has 0 N–H and O–H groups in total. The van der Waals surface area contributed by atoms with Crippen LogP contribution in [0.15, 0.2) is 22.7 Å². The topological polar surface area (TPSA) is 44.2 Å². The second-order valence-corrected chi connectivity index (χ2v) is 5.66. The molecule has 2 heterocycles. The minimum Gasteiger partial charge on any atom is -0.490 e. The fourth-order valence-electron chi connectivity index (χ4n) is 1.83. The van der Waals surface area contributed by atoms with Crippen molar-refractivity contribution in [1.82, 2.24) is 9.97 Å². The monoisotopic (exact) mass is 374 g/mol. The summed E-state index contributed by atoms with van der Waals surface area (Å²) in [5, 5.41) is 0.541. The SMILES string of the molecule is Clc1nc(-c2ccc3c(c2)OCCCO3)nc(Cl)c1Br. The largest absolute Gasteiger partial charge is 0.490 e. The number of aromatic nitrogens is 2. The van der Waals surface area contributed by atoms with E-state index >= 15 is 0 Å². The molecular formula is C13H9BrCl2N2O2. The lowest BCUT2D eigenvalue weighted by molar-refractivity contribution is 0.297. The Bertz CT molecular complexity index is 644. The molecule has 0 saturated heterocycles. The predicted molar refractivity (Wildman–Crippen MR) is 80.8 cm³/mol. The number of benzene rings is 1. The Labute approximate surface area is 134 Å². The van der Waals surface area contributed by atoms with E-state index in [1.54, 1.807) is 0 Å². The summed E-state index contributed by atoms with van der Waals surface area (Å²) in [6, 6.07) is 5.52. The maximum absolute atomic E-state index is 6.00. The summed E-state index contributed by atoms with van der Waals surface area (Å²) in [7, 11) is 0. The number of halogens is 3. The summed E-state index contributed by atoms with van der Waals surface area (Å²) >= 11 is 15.2. The number of hydrogen-bond donors (Lipinski definition) is 0. The van der Waals surface area contributed by atoms with Crippen LogP contribution >= 0.6 is 39.1 Å². The van der Waals surface area contributed by atoms with E-state index < -0.39 is 0 Å². The van der Waals surface area contributed by atoms with Gasteiger partial charge in [0.25, 0.3) is 0 Å². The molecule has 0 saturated carbocycles. The molecule has 3 rings (SSSR count). The molecule has 0 unspecified atom stereocenters. The van der Waals surface area contributed by atoms with Crippen molar-refractivity contribution < 1.29 is 9.47 Å². The zero-order valence-electron chi connectivity index (χ0n) is 10.2. The van der Waals surface area contributed by atoms with Gasteiger partial charge in [0, 0.05) is 12.0 Å². The zero-order chi connectivity index (χ0) is 14.1. The lowest BCUT2D eigenvalue weighted by Gasteiger charge is -2.09. The Morgan fingerprint density at radius 3 is 2.35 bits per heavy atom. The summed E-state index contributed by atoms with van der Waals surface area (Å²) in [4.78, 5) is 8.41. The summed E-state index contributed by atoms with van der Waals surface area (Å²) < 4.78 is 11.7. The molecule has 0 radical (unpaired) electrons. The van der Waals surface area contributed by atoms with Crippen molar-refractivity contribution >= 4 is 39.1 Å². The number of hydrogen-bond acceptors (Lipinski definition) is 4. The van der Waals surface area contributed by atoms with E-state index in [1.165, 1.54) is 0 Å². The van der Waals surface area contributed by atoms with Gasteiger partial charge in [0.15, 0.2) is 17.3 Å². The Balaban J connectivity index is 2.04. The van der Waals surface area contributed by atoms with E-state index in [0.717, 1.165) is 17.7 Å². The first-order chi connectivity index (χ1) is 9.65. The molecule has 2 aromatic rings. The van der Waals surface area contributed by atoms with Crippen molar-refractivity contribution in [2.45, 2.75) is 6.42 Å². The molecule has 4 nitrogen and oxygen atoms in total. The zero-order valence-corrected chi connectivity index (χ0v) is 13.3. The summed E-state index contributed by atoms with van der Waals surface area (Å²) in [6.45, 7) is 1.28. The van der Waals surface area contributed by atoms with Gasteiger partial charge in [-0.15, -0.1) is 0 Å². The van der Waals surface area contributed by atoms with E-state index in [2.05, 4.69) is 25.9 Å². The van der Waals surface area contributed by atoms with Crippen LogP contribution in [0.25, 0.3) is 11.4 Å². The first kappa shape index (κ1) is 13.9. The van der Waals surface area contributed by atoms with E-state index in [-0.39, 0.29) is 10.3 Å². The maximum atomic E-state index is 6.00. The second-order valence-electron chi connectivity index (χ2n) is 4.15. The number of fused-ring (bicyclic) bond motifs is 1. The molecular weight excluding hydrogens is 367 g/mol. The summed E-state index contributed by atoms with van der Waals surface area (Å²) in [5.74, 6) is 1.85. The molecule has 0 fully saturated rings. The van der Waals surface area contributed by atoms with E-state index in [0.29, 0.717) is 29.3 Å². The van der Waals surface area contributed by atoms with Crippen LogP contribution < -0.4 is 9.47 Å². The normalized spacial score (nSPS) is 13.9. The molecule has 0 spiro atoms. The first-order valence-corrected chi connectivity index (χ1v) is 7.48. The Morgan fingerprint density at radius 1 is 1.00 bits per heavy atom. The van der Waals surface area contributed by atoms with Crippen LogP contribution in [0.1, 0.15) is 6.42 Å². The van der Waals surface area contributed by atoms with Gasteiger partial charge in [0.05, 0.1) is 17.7 Å². The lowest BCUT2D eigenvalue weighted by Crippen LogP contribution is -1.97. The van der Waals surface area contributed by atoms with Crippen LogP contribution in [-0.2, 0) is 0 Å². The Hall–Kier alpha value is -1.04. The molecule has 0 bridgehead atoms. The number of rotatable bonds is 1. The highest BCUT2D eigenvalue weighted by Crippen LogP contribution is 2.35. The molecule has 1 aliphatic rings. The van der Waals surface area contributed by atoms with Crippen LogP contribution in [0.3, 0.4) is 0 Å². The third kappa shape index (κ3) is 2.71. The quantitative estimate of drug-likeness (QED) is 0.694. The van der Waals surface area contributed by atoms with Crippen molar-refractivity contribution in [3.63, 3.8) is 0 Å². The van der Waals surface area contributed by atoms with Gasteiger partial charge in [0.2, 0.25) is 0 Å². The van der Waals surface area contributed by atoms with Crippen molar-refractivity contribution in [3.05, 3.63) is 33.0 Å². The summed E-state index contributed by atoms with van der Waals surface area (Å²) in [6.07, 6.45) is 0.858. The summed E-state index contributed by atoms with van der Waals surface area (Å²) in [5.41, 5.74) is 0.769. The molecule has 0 amide bonds. The smallest absolute Gasteiger partial charge is 0.162 e. The van der Waals surface area contributed by atoms with Gasteiger partial charge < -0.3 is 9.47 Å². The van der Waals surface area contributed by atoms with Crippen LogP contribution in [-0.4, -0.2) is 23.2 Å². The van der Waals surface area contributed by atoms with E-state index in [4.69, 9.17) is 32.7 Å². The molecule has 20 heavy (non-hydrogen) atoms. The number of ether oxygens (including phenoxy) is 2. The molecule has 1 aliphatic heterocycles. The minimum atomic E-state index is 0.270. The second kappa shape index (κ2) is 5.76. The fourth-order valence-corrected chi connectivity index (χ4v) is 2.39. The standard InChI is InChI=1S/C13H9BrCl2N2O2/c14-10-11(15)17-13(18-12(10)16)7-2-3-8-9(6-7)20-5-1-4-19-8/h2-3,6H,1,4-5H2. The van der Waals surface area contributed by atoms with Gasteiger partial charge in [-0.3, -0.25) is 0 Å². The van der Waals surface area contributed by atoms with E-state index in [1.807, 2.05) is 18.2 Å².